The van der Waals surface area contributed by atoms with Crippen LogP contribution in [0.4, 0.5) is 5.69 Å². The van der Waals surface area contributed by atoms with Gasteiger partial charge in [0.25, 0.3) is 5.91 Å². The van der Waals surface area contributed by atoms with Crippen molar-refractivity contribution in [3.8, 4) is 11.5 Å². The first-order valence-corrected chi connectivity index (χ1v) is 12.6. The Kier molecular flexibility index (Phi) is 8.33. The van der Waals surface area contributed by atoms with Crippen LogP contribution in [0.5, 0.6) is 11.5 Å². The zero-order valence-electron chi connectivity index (χ0n) is 19.2. The van der Waals surface area contributed by atoms with Gasteiger partial charge in [-0.3, -0.25) is 14.7 Å². The second-order valence-corrected chi connectivity index (χ2v) is 9.22. The first-order valence-electron chi connectivity index (χ1n) is 11.0. The Bertz CT molecular complexity index is 1300. The molecule has 3 aromatic rings. The van der Waals surface area contributed by atoms with Gasteiger partial charge in [0.05, 0.1) is 22.2 Å². The van der Waals surface area contributed by atoms with Crippen molar-refractivity contribution >= 4 is 57.8 Å². The fourth-order valence-electron chi connectivity index (χ4n) is 3.36. The van der Waals surface area contributed by atoms with Crippen LogP contribution in [0.1, 0.15) is 25.0 Å². The molecule has 0 N–H and O–H groups in total. The number of thioether (sulfide) groups is 1. The molecule has 2 heterocycles. The summed E-state index contributed by atoms with van der Waals surface area (Å²) in [7, 11) is 0. The minimum absolute atomic E-state index is 0.113. The minimum Gasteiger partial charge on any atom is -0.490 e. The number of ether oxygens (including phenoxy) is 2. The van der Waals surface area contributed by atoms with Crippen molar-refractivity contribution in [2.75, 3.05) is 13.2 Å². The highest BCUT2D eigenvalue weighted by atomic mass is 35.5. The minimum atomic E-state index is -0.113. The summed E-state index contributed by atoms with van der Waals surface area (Å²) < 4.78 is 11.8. The molecule has 1 amide bonds. The van der Waals surface area contributed by atoms with Crippen molar-refractivity contribution in [3.05, 3.63) is 87.0 Å². The van der Waals surface area contributed by atoms with Gasteiger partial charge >= 0.3 is 0 Å². The monoisotopic (exact) mass is 527 g/mol. The molecule has 1 aliphatic heterocycles. The molecule has 0 bridgehead atoms. The van der Waals surface area contributed by atoms with Crippen molar-refractivity contribution in [2.24, 2.45) is 4.99 Å². The quantitative estimate of drug-likeness (QED) is 0.295. The number of likely N-dealkylation sites (N-methyl/N-ethyl adjacent to an activating group) is 1. The van der Waals surface area contributed by atoms with Gasteiger partial charge in [0, 0.05) is 29.5 Å². The molecule has 35 heavy (non-hydrogen) atoms. The Hall–Kier alpha value is -3.00. The molecule has 1 fully saturated rings. The van der Waals surface area contributed by atoms with Crippen molar-refractivity contribution in [1.82, 2.24) is 9.88 Å². The van der Waals surface area contributed by atoms with E-state index >= 15 is 0 Å². The maximum Gasteiger partial charge on any atom is 0.266 e. The molecular weight excluding hydrogens is 505 g/mol. The lowest BCUT2D eigenvalue weighted by Gasteiger charge is -2.13. The van der Waals surface area contributed by atoms with E-state index in [2.05, 4.69) is 9.98 Å². The number of benzene rings is 2. The van der Waals surface area contributed by atoms with Gasteiger partial charge in [-0.15, -0.1) is 0 Å². The molecule has 0 aliphatic carbocycles. The second-order valence-electron chi connectivity index (χ2n) is 7.40. The van der Waals surface area contributed by atoms with E-state index < -0.39 is 0 Å². The van der Waals surface area contributed by atoms with Crippen molar-refractivity contribution in [2.45, 2.75) is 20.5 Å². The Morgan fingerprint density at radius 1 is 1.06 bits per heavy atom. The molecule has 9 heteroatoms. The molecule has 4 rings (SSSR count). The van der Waals surface area contributed by atoms with E-state index in [1.54, 1.807) is 17.2 Å². The Morgan fingerprint density at radius 3 is 2.63 bits per heavy atom. The highest BCUT2D eigenvalue weighted by Gasteiger charge is 2.32. The van der Waals surface area contributed by atoms with Gasteiger partial charge in [-0.05, 0) is 61.5 Å². The summed E-state index contributed by atoms with van der Waals surface area (Å²) in [5.74, 6) is 1.08. The van der Waals surface area contributed by atoms with E-state index in [4.69, 9.17) is 32.7 Å². The highest BCUT2D eigenvalue weighted by Crippen LogP contribution is 2.37. The number of aliphatic imine (C=N–C) groups is 1. The van der Waals surface area contributed by atoms with E-state index in [1.165, 1.54) is 18.0 Å². The SMILES string of the molecule is CCOc1cc(/C=C2\SC(=Nc3ccncc3Cl)N(CC)C2=O)ccc1OCc1ccccc1Cl. The third-order valence-electron chi connectivity index (χ3n) is 5.08. The van der Waals surface area contributed by atoms with Crippen LogP contribution >= 0.6 is 35.0 Å². The number of rotatable bonds is 8. The summed E-state index contributed by atoms with van der Waals surface area (Å²) in [5.41, 5.74) is 2.26. The van der Waals surface area contributed by atoms with Crippen LogP contribution in [0.25, 0.3) is 6.08 Å². The van der Waals surface area contributed by atoms with Crippen LogP contribution in [0.15, 0.2) is 70.8 Å². The average Bonchev–Trinajstić information content (AvgIpc) is 3.14. The maximum absolute atomic E-state index is 13.0. The number of hydrogen-bond acceptors (Lipinski definition) is 6. The van der Waals surface area contributed by atoms with Crippen molar-refractivity contribution in [3.63, 3.8) is 0 Å². The summed E-state index contributed by atoms with van der Waals surface area (Å²) in [6.07, 6.45) is 4.97. The third-order valence-corrected chi connectivity index (χ3v) is 6.74. The number of aromatic nitrogens is 1. The summed E-state index contributed by atoms with van der Waals surface area (Å²) in [5, 5.41) is 1.64. The fraction of sp³-hybridized carbons (Fsp3) is 0.192. The summed E-state index contributed by atoms with van der Waals surface area (Å²) in [4.78, 5) is 23.8. The largest absolute Gasteiger partial charge is 0.490 e. The second kappa shape index (κ2) is 11.6. The number of carbonyl (C=O) groups is 1. The van der Waals surface area contributed by atoms with Crippen LogP contribution < -0.4 is 9.47 Å². The molecule has 180 valence electrons. The van der Waals surface area contributed by atoms with Gasteiger partial charge in [-0.25, -0.2) is 4.99 Å². The topological polar surface area (TPSA) is 64.0 Å². The molecule has 1 aromatic heterocycles. The van der Waals surface area contributed by atoms with E-state index in [0.29, 0.717) is 57.1 Å². The normalized spacial score (nSPS) is 15.8. The lowest BCUT2D eigenvalue weighted by atomic mass is 10.1. The molecule has 1 saturated heterocycles. The molecule has 2 aromatic carbocycles. The number of pyridine rings is 1. The molecule has 0 spiro atoms. The van der Waals surface area contributed by atoms with Gasteiger partial charge in [-0.1, -0.05) is 47.5 Å². The predicted molar refractivity (Wildman–Crippen MR) is 143 cm³/mol. The number of carbonyl (C=O) groups excluding carboxylic acids is 1. The van der Waals surface area contributed by atoms with Crippen molar-refractivity contribution in [1.29, 1.82) is 0 Å². The summed E-state index contributed by atoms with van der Waals surface area (Å²) in [6.45, 7) is 5.10. The Balaban J connectivity index is 1.58. The zero-order chi connectivity index (χ0) is 24.8. The number of nitrogens with zero attached hydrogens (tertiary/aromatic N) is 3. The number of hydrogen-bond donors (Lipinski definition) is 0. The van der Waals surface area contributed by atoms with Gasteiger partial charge in [0.1, 0.15) is 6.61 Å². The van der Waals surface area contributed by atoms with E-state index in [0.717, 1.165) is 11.1 Å². The Labute approximate surface area is 218 Å². The molecule has 0 radical (unpaired) electrons. The van der Waals surface area contributed by atoms with Crippen LogP contribution in [0.3, 0.4) is 0 Å². The molecule has 1 aliphatic rings. The lowest BCUT2D eigenvalue weighted by molar-refractivity contribution is -0.122. The molecular formula is C26H23Cl2N3O3S. The zero-order valence-corrected chi connectivity index (χ0v) is 21.5. The molecule has 0 unspecified atom stereocenters. The predicted octanol–water partition coefficient (Wildman–Crippen LogP) is 6.99. The number of amidine groups is 1. The van der Waals surface area contributed by atoms with Crippen molar-refractivity contribution < 1.29 is 14.3 Å². The fourth-order valence-corrected chi connectivity index (χ4v) is 4.76. The summed E-state index contributed by atoms with van der Waals surface area (Å²) in [6, 6.07) is 14.8. The van der Waals surface area contributed by atoms with Gasteiger partial charge in [0.2, 0.25) is 0 Å². The standard InChI is InChI=1S/C26H23Cl2N3O3S/c1-3-31-25(32)24(35-26(31)30-21-11-12-29-15-20(21)28)14-17-9-10-22(23(13-17)33-4-2)34-16-18-7-5-6-8-19(18)27/h5-15H,3-4,16H2,1-2H3/b24-14-,30-26?. The molecule has 0 saturated carbocycles. The summed E-state index contributed by atoms with van der Waals surface area (Å²) >= 11 is 13.7. The van der Waals surface area contributed by atoms with Crippen LogP contribution in [-0.4, -0.2) is 34.1 Å². The maximum atomic E-state index is 13.0. The van der Waals surface area contributed by atoms with E-state index in [1.807, 2.05) is 62.4 Å². The van der Waals surface area contributed by atoms with Crippen LogP contribution in [-0.2, 0) is 11.4 Å². The molecule has 6 nitrogen and oxygen atoms in total. The smallest absolute Gasteiger partial charge is 0.266 e. The van der Waals surface area contributed by atoms with Gasteiger partial charge in [0.15, 0.2) is 16.7 Å². The van der Waals surface area contributed by atoms with Gasteiger partial charge in [-0.2, -0.15) is 0 Å². The van der Waals surface area contributed by atoms with Crippen LogP contribution in [0.2, 0.25) is 10.0 Å². The highest BCUT2D eigenvalue weighted by molar-refractivity contribution is 8.18. The van der Waals surface area contributed by atoms with E-state index in [-0.39, 0.29) is 5.91 Å². The van der Waals surface area contributed by atoms with E-state index in [9.17, 15) is 4.79 Å². The van der Waals surface area contributed by atoms with Crippen LogP contribution in [0, 0.1) is 0 Å². The molecule has 0 atom stereocenters. The lowest BCUT2D eigenvalue weighted by Crippen LogP contribution is -2.28. The first-order chi connectivity index (χ1) is 17.0. The third kappa shape index (κ3) is 5.99. The number of halogens is 2. The Morgan fingerprint density at radius 2 is 1.89 bits per heavy atom. The van der Waals surface area contributed by atoms with Gasteiger partial charge < -0.3 is 9.47 Å². The average molecular weight is 528 g/mol. The first kappa shape index (κ1) is 25.1. The number of amides is 1.